The summed E-state index contributed by atoms with van der Waals surface area (Å²) in [7, 11) is 0. The Bertz CT molecular complexity index is 1070. The van der Waals surface area contributed by atoms with Crippen LogP contribution in [0.1, 0.15) is 36.7 Å². The summed E-state index contributed by atoms with van der Waals surface area (Å²) in [5, 5.41) is 8.35. The number of para-hydroxylation sites is 1. The van der Waals surface area contributed by atoms with Gasteiger partial charge in [0.25, 0.3) is 5.91 Å². The second-order valence-electron chi connectivity index (χ2n) is 8.03. The molecule has 0 radical (unpaired) electrons. The van der Waals surface area contributed by atoms with Crippen molar-refractivity contribution in [3.63, 3.8) is 0 Å². The Morgan fingerprint density at radius 3 is 2.41 bits per heavy atom. The molecule has 1 saturated heterocycles. The van der Waals surface area contributed by atoms with Crippen molar-refractivity contribution in [2.75, 3.05) is 19.6 Å². The highest BCUT2D eigenvalue weighted by atomic mass is 35.5. The Morgan fingerprint density at radius 1 is 1.06 bits per heavy atom. The van der Waals surface area contributed by atoms with Gasteiger partial charge in [-0.05, 0) is 49.6 Å². The van der Waals surface area contributed by atoms with E-state index < -0.39 is 0 Å². The first-order valence-electron chi connectivity index (χ1n) is 11.0. The van der Waals surface area contributed by atoms with Crippen LogP contribution in [0.5, 0.6) is 0 Å². The molecular weight excluding hydrogens is 424 g/mol. The van der Waals surface area contributed by atoms with E-state index >= 15 is 0 Å². The molecule has 0 unspecified atom stereocenters. The monoisotopic (exact) mass is 450 g/mol. The first-order chi connectivity index (χ1) is 15.6. The molecule has 7 heteroatoms. The second-order valence-corrected chi connectivity index (χ2v) is 8.46. The van der Waals surface area contributed by atoms with E-state index in [1.54, 1.807) is 4.68 Å². The van der Waals surface area contributed by atoms with Crippen molar-refractivity contribution in [3.05, 3.63) is 71.4 Å². The van der Waals surface area contributed by atoms with Crippen LogP contribution in [0.25, 0.3) is 16.9 Å². The third-order valence-corrected chi connectivity index (χ3v) is 6.02. The number of hydrogen-bond donors (Lipinski definition) is 1. The Morgan fingerprint density at radius 2 is 1.75 bits per heavy atom. The number of benzene rings is 2. The van der Waals surface area contributed by atoms with Crippen molar-refractivity contribution in [1.82, 2.24) is 20.0 Å². The van der Waals surface area contributed by atoms with E-state index in [-0.39, 0.29) is 17.7 Å². The van der Waals surface area contributed by atoms with E-state index in [0.717, 1.165) is 17.7 Å². The number of piperidine rings is 1. The minimum Gasteiger partial charge on any atom is -0.356 e. The maximum absolute atomic E-state index is 13.5. The molecule has 0 aliphatic carbocycles. The third-order valence-electron chi connectivity index (χ3n) is 5.77. The molecule has 6 nitrogen and oxygen atoms in total. The number of hydrogen-bond acceptors (Lipinski definition) is 3. The van der Waals surface area contributed by atoms with Gasteiger partial charge >= 0.3 is 0 Å². The minimum absolute atomic E-state index is 0.0331. The molecule has 32 heavy (non-hydrogen) atoms. The number of carbonyl (C=O) groups excluding carboxylic acids is 2. The predicted octanol–water partition coefficient (Wildman–Crippen LogP) is 4.57. The number of amides is 2. The van der Waals surface area contributed by atoms with Crippen LogP contribution in [0, 0.1) is 5.92 Å². The zero-order chi connectivity index (χ0) is 22.5. The minimum atomic E-state index is -0.0750. The lowest BCUT2D eigenvalue weighted by Gasteiger charge is -2.31. The summed E-state index contributed by atoms with van der Waals surface area (Å²) in [6, 6.07) is 18.9. The Kier molecular flexibility index (Phi) is 6.90. The molecule has 1 aliphatic heterocycles. The third kappa shape index (κ3) is 4.86. The quantitative estimate of drug-likeness (QED) is 0.598. The number of halogens is 1. The van der Waals surface area contributed by atoms with Gasteiger partial charge in [0, 0.05) is 36.1 Å². The van der Waals surface area contributed by atoms with E-state index in [0.29, 0.717) is 48.9 Å². The van der Waals surface area contributed by atoms with Crippen LogP contribution in [-0.4, -0.2) is 46.1 Å². The van der Waals surface area contributed by atoms with Crippen LogP contribution >= 0.6 is 11.6 Å². The number of carbonyl (C=O) groups is 2. The van der Waals surface area contributed by atoms with Gasteiger partial charge in [0.15, 0.2) is 0 Å². The molecule has 4 rings (SSSR count). The fraction of sp³-hybridized carbons (Fsp3) is 0.320. The van der Waals surface area contributed by atoms with Gasteiger partial charge in [0.05, 0.1) is 11.4 Å². The summed E-state index contributed by atoms with van der Waals surface area (Å²) in [6.45, 7) is 3.84. The van der Waals surface area contributed by atoms with Gasteiger partial charge in [-0.2, -0.15) is 5.10 Å². The summed E-state index contributed by atoms with van der Waals surface area (Å²) < 4.78 is 1.70. The maximum Gasteiger partial charge on any atom is 0.272 e. The molecule has 2 heterocycles. The molecule has 2 aromatic carbocycles. The molecular formula is C25H27ClN4O2. The van der Waals surface area contributed by atoms with Gasteiger partial charge < -0.3 is 10.2 Å². The van der Waals surface area contributed by atoms with Crippen LogP contribution in [0.4, 0.5) is 0 Å². The normalized spacial score (nSPS) is 14.4. The molecule has 0 saturated carbocycles. The average Bonchev–Trinajstić information content (AvgIpc) is 3.28. The number of nitrogens with one attached hydrogen (secondary N) is 1. The van der Waals surface area contributed by atoms with E-state index in [1.165, 1.54) is 0 Å². The molecule has 1 aliphatic rings. The van der Waals surface area contributed by atoms with E-state index in [2.05, 4.69) is 5.32 Å². The van der Waals surface area contributed by atoms with Crippen LogP contribution < -0.4 is 5.32 Å². The van der Waals surface area contributed by atoms with Crippen molar-refractivity contribution >= 4 is 23.4 Å². The first-order valence-corrected chi connectivity index (χ1v) is 11.4. The Hall–Kier alpha value is -3.12. The Balaban J connectivity index is 1.57. The molecule has 1 N–H and O–H groups in total. The van der Waals surface area contributed by atoms with Crippen molar-refractivity contribution in [2.24, 2.45) is 5.92 Å². The lowest BCUT2D eigenvalue weighted by molar-refractivity contribution is -0.126. The number of likely N-dealkylation sites (tertiary alicyclic amines) is 1. The fourth-order valence-corrected chi connectivity index (χ4v) is 4.09. The van der Waals surface area contributed by atoms with Crippen LogP contribution in [0.15, 0.2) is 60.7 Å². The van der Waals surface area contributed by atoms with Gasteiger partial charge in [-0.3, -0.25) is 9.59 Å². The Labute approximate surface area is 193 Å². The second kappa shape index (κ2) is 10.0. The van der Waals surface area contributed by atoms with Crippen molar-refractivity contribution in [1.29, 1.82) is 0 Å². The summed E-state index contributed by atoms with van der Waals surface area (Å²) in [5.41, 5.74) is 2.94. The summed E-state index contributed by atoms with van der Waals surface area (Å²) >= 11 is 6.03. The van der Waals surface area contributed by atoms with Crippen molar-refractivity contribution < 1.29 is 9.59 Å². The van der Waals surface area contributed by atoms with E-state index in [9.17, 15) is 9.59 Å². The molecule has 3 aromatic rings. The largest absolute Gasteiger partial charge is 0.356 e. The van der Waals surface area contributed by atoms with Crippen molar-refractivity contribution in [2.45, 2.75) is 26.2 Å². The van der Waals surface area contributed by atoms with Gasteiger partial charge in [-0.1, -0.05) is 48.9 Å². The van der Waals surface area contributed by atoms with Crippen molar-refractivity contribution in [3.8, 4) is 16.9 Å². The van der Waals surface area contributed by atoms with E-state index in [4.69, 9.17) is 16.7 Å². The molecule has 1 fully saturated rings. The standard InChI is InChI=1S/C25H27ClN4O2/c1-2-14-27-24(31)19-12-15-29(16-13-19)25(32)23-17-22(18-8-10-20(26)11-9-18)28-30(23)21-6-4-3-5-7-21/h3-11,17,19H,2,12-16H2,1H3,(H,27,31). The van der Waals surface area contributed by atoms with Crippen LogP contribution in [0.2, 0.25) is 5.02 Å². The molecule has 0 atom stereocenters. The smallest absolute Gasteiger partial charge is 0.272 e. The van der Waals surface area contributed by atoms with Gasteiger partial charge in [0.2, 0.25) is 5.91 Å². The molecule has 2 amide bonds. The van der Waals surface area contributed by atoms with E-state index in [1.807, 2.05) is 72.5 Å². The lowest BCUT2D eigenvalue weighted by atomic mass is 9.95. The first kappa shape index (κ1) is 22.1. The maximum atomic E-state index is 13.5. The predicted molar refractivity (Wildman–Crippen MR) is 126 cm³/mol. The summed E-state index contributed by atoms with van der Waals surface area (Å²) in [5.74, 6) is -0.0125. The zero-order valence-electron chi connectivity index (χ0n) is 18.1. The summed E-state index contributed by atoms with van der Waals surface area (Å²) in [6.07, 6.45) is 2.26. The van der Waals surface area contributed by atoms with Crippen LogP contribution in [-0.2, 0) is 4.79 Å². The molecule has 1 aromatic heterocycles. The fourth-order valence-electron chi connectivity index (χ4n) is 3.96. The number of aromatic nitrogens is 2. The van der Waals surface area contributed by atoms with Crippen LogP contribution in [0.3, 0.4) is 0 Å². The highest BCUT2D eigenvalue weighted by Gasteiger charge is 2.29. The average molecular weight is 451 g/mol. The molecule has 0 bridgehead atoms. The number of rotatable bonds is 6. The topological polar surface area (TPSA) is 67.2 Å². The SMILES string of the molecule is CCCNC(=O)C1CCN(C(=O)c2cc(-c3ccc(Cl)cc3)nn2-c2ccccc2)CC1. The summed E-state index contributed by atoms with van der Waals surface area (Å²) in [4.78, 5) is 27.6. The van der Waals surface area contributed by atoms with Gasteiger partial charge in [-0.15, -0.1) is 0 Å². The van der Waals surface area contributed by atoms with Gasteiger partial charge in [-0.25, -0.2) is 4.68 Å². The highest BCUT2D eigenvalue weighted by molar-refractivity contribution is 6.30. The van der Waals surface area contributed by atoms with Gasteiger partial charge in [0.1, 0.15) is 5.69 Å². The highest BCUT2D eigenvalue weighted by Crippen LogP contribution is 2.26. The molecule has 166 valence electrons. The molecule has 0 spiro atoms. The lowest BCUT2D eigenvalue weighted by Crippen LogP contribution is -2.43. The zero-order valence-corrected chi connectivity index (χ0v) is 18.9. The number of nitrogens with zero attached hydrogens (tertiary/aromatic N) is 3.